The fourth-order valence-corrected chi connectivity index (χ4v) is 2.53. The van der Waals surface area contributed by atoms with Crippen LogP contribution in [-0.4, -0.2) is 18.1 Å². The Morgan fingerprint density at radius 1 is 1.24 bits per heavy atom. The third-order valence-corrected chi connectivity index (χ3v) is 3.76. The van der Waals surface area contributed by atoms with E-state index in [1.165, 1.54) is 18.7 Å². The number of nitrogens with zero attached hydrogens (tertiary/aromatic N) is 1. The molecule has 0 heterocycles. The number of nitrogens with one attached hydrogen (secondary N) is 1. The fraction of sp³-hybridized carbons (Fsp3) is 0.250. The van der Waals surface area contributed by atoms with Gasteiger partial charge in [0.15, 0.2) is 0 Å². The van der Waals surface area contributed by atoms with Crippen molar-refractivity contribution in [1.29, 1.82) is 0 Å². The predicted octanol–water partition coefficient (Wildman–Crippen LogP) is 3.57. The molecule has 1 fully saturated rings. The average Bonchev–Trinajstić information content (AvgIpc) is 3.27. The molecule has 0 radical (unpaired) electrons. The molecule has 0 amide bonds. The van der Waals surface area contributed by atoms with E-state index < -0.39 is 0 Å². The standard InChI is InChI=1S/C16H16N2O3/c1-21-12-7-8-14(16(9-12)18(19)20)17-15-10-13(15)11-5-3-2-4-6-11/h2-9,13,15,17H,10H2,1H3. The molecule has 0 aromatic heterocycles. The van der Waals surface area contributed by atoms with Gasteiger partial charge in [0.1, 0.15) is 11.4 Å². The average molecular weight is 284 g/mol. The van der Waals surface area contributed by atoms with Gasteiger partial charge in [0.2, 0.25) is 0 Å². The van der Waals surface area contributed by atoms with Gasteiger partial charge in [-0.05, 0) is 24.1 Å². The summed E-state index contributed by atoms with van der Waals surface area (Å²) >= 11 is 0. The van der Waals surface area contributed by atoms with Crippen molar-refractivity contribution >= 4 is 11.4 Å². The van der Waals surface area contributed by atoms with Crippen LogP contribution in [0.3, 0.4) is 0 Å². The minimum Gasteiger partial charge on any atom is -0.496 e. The van der Waals surface area contributed by atoms with E-state index in [0.717, 1.165) is 6.42 Å². The molecule has 0 spiro atoms. The van der Waals surface area contributed by atoms with Crippen LogP contribution >= 0.6 is 0 Å². The lowest BCUT2D eigenvalue weighted by Crippen LogP contribution is -2.06. The summed E-state index contributed by atoms with van der Waals surface area (Å²) in [6.45, 7) is 0. The first kappa shape index (κ1) is 13.4. The molecule has 5 heteroatoms. The van der Waals surface area contributed by atoms with Crippen LogP contribution < -0.4 is 10.1 Å². The van der Waals surface area contributed by atoms with Crippen molar-refractivity contribution in [3.63, 3.8) is 0 Å². The zero-order valence-electron chi connectivity index (χ0n) is 11.7. The number of benzene rings is 2. The van der Waals surface area contributed by atoms with Crippen LogP contribution in [0.5, 0.6) is 5.75 Å². The van der Waals surface area contributed by atoms with Crippen molar-refractivity contribution in [3.8, 4) is 5.75 Å². The van der Waals surface area contributed by atoms with Gasteiger partial charge in [0, 0.05) is 12.0 Å². The van der Waals surface area contributed by atoms with Crippen molar-refractivity contribution in [2.45, 2.75) is 18.4 Å². The van der Waals surface area contributed by atoms with E-state index >= 15 is 0 Å². The second-order valence-electron chi connectivity index (χ2n) is 5.14. The summed E-state index contributed by atoms with van der Waals surface area (Å²) in [6, 6.07) is 15.3. The van der Waals surface area contributed by atoms with E-state index in [1.54, 1.807) is 12.1 Å². The lowest BCUT2D eigenvalue weighted by Gasteiger charge is -2.08. The second-order valence-corrected chi connectivity index (χ2v) is 5.14. The Morgan fingerprint density at radius 2 is 2.00 bits per heavy atom. The molecule has 5 nitrogen and oxygen atoms in total. The lowest BCUT2D eigenvalue weighted by atomic mass is 10.1. The van der Waals surface area contributed by atoms with Crippen LogP contribution in [0, 0.1) is 10.1 Å². The molecular weight excluding hydrogens is 268 g/mol. The van der Waals surface area contributed by atoms with E-state index in [0.29, 0.717) is 17.4 Å². The van der Waals surface area contributed by atoms with E-state index in [1.807, 2.05) is 18.2 Å². The van der Waals surface area contributed by atoms with Gasteiger partial charge in [0.25, 0.3) is 5.69 Å². The van der Waals surface area contributed by atoms with Gasteiger partial charge in [-0.15, -0.1) is 0 Å². The SMILES string of the molecule is COc1ccc(NC2CC2c2ccccc2)c([N+](=O)[O-])c1. The molecule has 2 unspecified atom stereocenters. The molecule has 1 aliphatic carbocycles. The van der Waals surface area contributed by atoms with Gasteiger partial charge in [-0.1, -0.05) is 30.3 Å². The zero-order chi connectivity index (χ0) is 14.8. The van der Waals surface area contributed by atoms with Gasteiger partial charge >= 0.3 is 0 Å². The van der Waals surface area contributed by atoms with Crippen LogP contribution in [-0.2, 0) is 0 Å². The van der Waals surface area contributed by atoms with Gasteiger partial charge in [0.05, 0.1) is 18.1 Å². The number of nitro benzene ring substituents is 1. The van der Waals surface area contributed by atoms with Crippen molar-refractivity contribution in [3.05, 3.63) is 64.2 Å². The summed E-state index contributed by atoms with van der Waals surface area (Å²) in [7, 11) is 1.50. The molecule has 3 rings (SSSR count). The molecular formula is C16H16N2O3. The first-order chi connectivity index (χ1) is 10.2. The lowest BCUT2D eigenvalue weighted by molar-refractivity contribution is -0.384. The Balaban J connectivity index is 1.76. The molecule has 1 saturated carbocycles. The van der Waals surface area contributed by atoms with Crippen LogP contribution in [0.25, 0.3) is 0 Å². The van der Waals surface area contributed by atoms with Crippen molar-refractivity contribution in [1.82, 2.24) is 0 Å². The van der Waals surface area contributed by atoms with Crippen molar-refractivity contribution in [2.24, 2.45) is 0 Å². The van der Waals surface area contributed by atoms with Crippen LogP contribution in [0.4, 0.5) is 11.4 Å². The fourth-order valence-electron chi connectivity index (χ4n) is 2.53. The van der Waals surface area contributed by atoms with Gasteiger partial charge in [-0.2, -0.15) is 0 Å². The van der Waals surface area contributed by atoms with Crippen LogP contribution in [0.15, 0.2) is 48.5 Å². The number of hydrogen-bond donors (Lipinski definition) is 1. The van der Waals surface area contributed by atoms with Gasteiger partial charge in [-0.25, -0.2) is 0 Å². The maximum atomic E-state index is 11.2. The van der Waals surface area contributed by atoms with E-state index in [-0.39, 0.29) is 16.7 Å². The first-order valence-electron chi connectivity index (χ1n) is 6.83. The molecule has 108 valence electrons. The number of nitro groups is 1. The summed E-state index contributed by atoms with van der Waals surface area (Å²) in [6.07, 6.45) is 0.993. The van der Waals surface area contributed by atoms with E-state index in [4.69, 9.17) is 4.74 Å². The highest BCUT2D eigenvalue weighted by Gasteiger charge is 2.39. The molecule has 0 aliphatic heterocycles. The van der Waals surface area contributed by atoms with E-state index in [2.05, 4.69) is 17.4 Å². The molecule has 2 aromatic carbocycles. The number of methoxy groups -OCH3 is 1. The largest absolute Gasteiger partial charge is 0.496 e. The third kappa shape index (κ3) is 2.81. The highest BCUT2D eigenvalue weighted by Crippen LogP contribution is 2.44. The summed E-state index contributed by atoms with van der Waals surface area (Å²) in [5.41, 5.74) is 1.86. The molecule has 0 bridgehead atoms. The normalized spacial score (nSPS) is 19.9. The smallest absolute Gasteiger partial charge is 0.296 e. The monoisotopic (exact) mass is 284 g/mol. The summed E-state index contributed by atoms with van der Waals surface area (Å²) < 4.78 is 5.04. The highest BCUT2D eigenvalue weighted by molar-refractivity contribution is 5.65. The second kappa shape index (κ2) is 5.44. The molecule has 0 saturated heterocycles. The number of anilines is 1. The minimum atomic E-state index is -0.384. The van der Waals surface area contributed by atoms with Gasteiger partial charge in [-0.3, -0.25) is 10.1 Å². The van der Waals surface area contributed by atoms with Crippen molar-refractivity contribution in [2.75, 3.05) is 12.4 Å². The van der Waals surface area contributed by atoms with Crippen molar-refractivity contribution < 1.29 is 9.66 Å². The molecule has 1 aliphatic rings. The molecule has 1 N–H and O–H groups in total. The Bertz CT molecular complexity index is 658. The molecule has 21 heavy (non-hydrogen) atoms. The maximum Gasteiger partial charge on any atom is 0.296 e. The highest BCUT2D eigenvalue weighted by atomic mass is 16.6. The number of ether oxygens (including phenoxy) is 1. The number of hydrogen-bond acceptors (Lipinski definition) is 4. The van der Waals surface area contributed by atoms with Gasteiger partial charge < -0.3 is 10.1 Å². The Hall–Kier alpha value is -2.56. The molecule has 2 atom stereocenters. The Labute approximate surface area is 122 Å². The van der Waals surface area contributed by atoms with Crippen LogP contribution in [0.2, 0.25) is 0 Å². The van der Waals surface area contributed by atoms with E-state index in [9.17, 15) is 10.1 Å². The first-order valence-corrected chi connectivity index (χ1v) is 6.83. The zero-order valence-corrected chi connectivity index (χ0v) is 11.7. The summed E-state index contributed by atoms with van der Waals surface area (Å²) in [4.78, 5) is 10.8. The third-order valence-electron chi connectivity index (χ3n) is 3.76. The minimum absolute atomic E-state index is 0.0491. The predicted molar refractivity (Wildman–Crippen MR) is 80.9 cm³/mol. The summed E-state index contributed by atoms with van der Waals surface area (Å²) in [5.74, 6) is 0.913. The number of rotatable bonds is 5. The van der Waals surface area contributed by atoms with Crippen LogP contribution in [0.1, 0.15) is 17.9 Å². The summed E-state index contributed by atoms with van der Waals surface area (Å²) in [5, 5.41) is 14.4. The Kier molecular flexibility index (Phi) is 3.48. The molecule has 2 aromatic rings. The topological polar surface area (TPSA) is 64.4 Å². The Morgan fingerprint density at radius 3 is 2.67 bits per heavy atom. The maximum absolute atomic E-state index is 11.2. The quantitative estimate of drug-likeness (QED) is 0.673.